The van der Waals surface area contributed by atoms with Crippen molar-refractivity contribution in [3.8, 4) is 0 Å². The van der Waals surface area contributed by atoms with E-state index in [1.807, 2.05) is 0 Å². The predicted octanol–water partition coefficient (Wildman–Crippen LogP) is 22.6. The minimum absolute atomic E-state index is 0.108. The zero-order valence-electron chi connectivity index (χ0n) is 61.6. The Bertz CT molecular complexity index is 1810. The van der Waals surface area contributed by atoms with Gasteiger partial charge in [-0.05, 0) is 25.7 Å². The summed E-state index contributed by atoms with van der Waals surface area (Å²) >= 11 is 0. The molecule has 17 nitrogen and oxygen atoms in total. The Balaban J connectivity index is 5.16. The molecule has 0 aliphatic carbocycles. The second-order valence-electron chi connectivity index (χ2n) is 27.4. The monoisotopic (exact) mass is 1400 g/mol. The van der Waals surface area contributed by atoms with Crippen molar-refractivity contribution in [2.24, 2.45) is 0 Å². The van der Waals surface area contributed by atoms with Crippen LogP contribution < -0.4 is 0 Å². The molecule has 0 heterocycles. The number of hydrogen-bond acceptors (Lipinski definition) is 15. The number of esters is 4. The summed E-state index contributed by atoms with van der Waals surface area (Å²) in [6.45, 7) is 4.95. The van der Waals surface area contributed by atoms with Gasteiger partial charge in [0.2, 0.25) is 0 Å². The zero-order valence-corrected chi connectivity index (χ0v) is 63.4. The number of aliphatic hydroxyl groups is 1. The lowest BCUT2D eigenvalue weighted by molar-refractivity contribution is -0.161. The predicted molar refractivity (Wildman–Crippen MR) is 386 cm³/mol. The number of ether oxygens (including phenoxy) is 4. The molecule has 0 aromatic rings. The van der Waals surface area contributed by atoms with Crippen LogP contribution in [0.4, 0.5) is 0 Å². The van der Waals surface area contributed by atoms with Gasteiger partial charge in [-0.2, -0.15) is 0 Å². The molecule has 0 aromatic heterocycles. The third kappa shape index (κ3) is 70.3. The highest BCUT2D eigenvalue weighted by Crippen LogP contribution is 2.45. The molecule has 0 radical (unpaired) electrons. The fourth-order valence-electron chi connectivity index (χ4n) is 11.8. The van der Waals surface area contributed by atoms with Crippen molar-refractivity contribution in [1.82, 2.24) is 0 Å². The molecule has 0 rings (SSSR count). The molecular formula is C76H148O17P2. The molecular weight excluding hydrogens is 1250 g/mol. The second-order valence-corrected chi connectivity index (χ2v) is 30.3. The van der Waals surface area contributed by atoms with E-state index in [9.17, 15) is 43.2 Å². The fourth-order valence-corrected chi connectivity index (χ4v) is 13.3. The number of carbonyl (C=O) groups is 4. The Morgan fingerprint density at radius 1 is 0.253 bits per heavy atom. The van der Waals surface area contributed by atoms with Crippen LogP contribution in [0.15, 0.2) is 0 Å². The van der Waals surface area contributed by atoms with E-state index >= 15 is 0 Å². The average Bonchev–Trinajstić information content (AvgIpc) is 1.90. The van der Waals surface area contributed by atoms with E-state index in [0.29, 0.717) is 25.7 Å². The Kier molecular flexibility index (Phi) is 69.1. The largest absolute Gasteiger partial charge is 0.472 e. The molecule has 0 saturated carbocycles. The molecule has 2 unspecified atom stereocenters. The minimum Gasteiger partial charge on any atom is -0.462 e. The number of phosphoric acid groups is 2. The fraction of sp³-hybridized carbons (Fsp3) is 0.947. The maximum Gasteiger partial charge on any atom is 0.472 e. The van der Waals surface area contributed by atoms with Gasteiger partial charge in [0, 0.05) is 25.7 Å². The normalized spacial score (nSPS) is 13.9. The number of phosphoric ester groups is 2. The van der Waals surface area contributed by atoms with Crippen molar-refractivity contribution < 1.29 is 80.2 Å². The SMILES string of the molecule is CCCCCCCCCCCCCCCCCCCCCCCC(=O)O[C@H](COC(=O)CCCCCCCCCCCCCCCCC)COP(=O)(O)OC[C@@H](O)COP(=O)(O)OC[C@@H](COC(=O)CCCCCCCCC)OC(=O)CCCCCCCCCCCCCC. The van der Waals surface area contributed by atoms with Crippen LogP contribution >= 0.6 is 15.6 Å². The number of carbonyl (C=O) groups excluding carboxylic acids is 4. The van der Waals surface area contributed by atoms with Gasteiger partial charge in [0.1, 0.15) is 19.3 Å². The van der Waals surface area contributed by atoms with Gasteiger partial charge in [-0.1, -0.05) is 355 Å². The third-order valence-electron chi connectivity index (χ3n) is 17.9. The van der Waals surface area contributed by atoms with Gasteiger partial charge in [0.15, 0.2) is 12.2 Å². The summed E-state index contributed by atoms with van der Waals surface area (Å²) in [5, 5.41) is 10.6. The standard InChI is InChI=1S/C76H148O17P2/c1-5-9-13-17-21-24-27-30-32-33-34-35-36-37-39-41-44-47-51-55-59-63-76(81)93-72(67-87-74(79)61-57-53-49-45-43-40-38-31-28-25-22-18-14-10-6-2)69-91-95(84,85)89-65-70(77)64-88-94(82,83)90-68-71(66-86-73(78)60-56-52-48-20-16-12-8-4)92-75(80)62-58-54-50-46-42-29-26-23-19-15-11-7-3/h70-72,77H,5-69H2,1-4H3,(H,82,83)(H,84,85)/t70-,71+,72+/m0/s1. The van der Waals surface area contributed by atoms with E-state index in [1.165, 1.54) is 225 Å². The van der Waals surface area contributed by atoms with E-state index in [0.717, 1.165) is 103 Å². The molecule has 95 heavy (non-hydrogen) atoms. The van der Waals surface area contributed by atoms with Gasteiger partial charge in [-0.25, -0.2) is 9.13 Å². The van der Waals surface area contributed by atoms with Crippen molar-refractivity contribution in [3.63, 3.8) is 0 Å². The lowest BCUT2D eigenvalue weighted by Gasteiger charge is -2.21. The lowest BCUT2D eigenvalue weighted by atomic mass is 10.0. The summed E-state index contributed by atoms with van der Waals surface area (Å²) < 4.78 is 68.4. The van der Waals surface area contributed by atoms with Crippen molar-refractivity contribution in [1.29, 1.82) is 0 Å². The third-order valence-corrected chi connectivity index (χ3v) is 19.8. The van der Waals surface area contributed by atoms with Crippen LogP contribution in [0, 0.1) is 0 Å². The molecule has 0 aliphatic rings. The summed E-state index contributed by atoms with van der Waals surface area (Å²) in [4.78, 5) is 72.6. The first-order valence-electron chi connectivity index (χ1n) is 39.8. The van der Waals surface area contributed by atoms with Crippen LogP contribution in [0.2, 0.25) is 0 Å². The Labute approximate surface area is 581 Å². The van der Waals surface area contributed by atoms with E-state index in [2.05, 4.69) is 27.7 Å². The summed E-state index contributed by atoms with van der Waals surface area (Å²) in [5.74, 6) is -2.12. The first kappa shape index (κ1) is 93.1. The molecule has 0 saturated heterocycles. The molecule has 0 amide bonds. The summed E-state index contributed by atoms with van der Waals surface area (Å²) in [7, 11) is -9.90. The van der Waals surface area contributed by atoms with Crippen LogP contribution in [0.3, 0.4) is 0 Å². The molecule has 19 heteroatoms. The van der Waals surface area contributed by atoms with E-state index in [4.69, 9.17) is 37.0 Å². The van der Waals surface area contributed by atoms with Crippen LogP contribution in [-0.2, 0) is 65.4 Å². The molecule has 3 N–H and O–H groups in total. The van der Waals surface area contributed by atoms with Gasteiger partial charge in [-0.3, -0.25) is 37.3 Å². The molecule has 0 fully saturated rings. The Morgan fingerprint density at radius 3 is 0.621 bits per heavy atom. The molecule has 0 aliphatic heterocycles. The Morgan fingerprint density at radius 2 is 0.421 bits per heavy atom. The summed E-state index contributed by atoms with van der Waals surface area (Å²) in [5.41, 5.74) is 0. The zero-order chi connectivity index (χ0) is 69.7. The molecule has 564 valence electrons. The van der Waals surface area contributed by atoms with Crippen molar-refractivity contribution in [2.75, 3.05) is 39.6 Å². The summed E-state index contributed by atoms with van der Waals surface area (Å²) in [6.07, 6.45) is 61.2. The maximum atomic E-state index is 13.1. The summed E-state index contributed by atoms with van der Waals surface area (Å²) in [6, 6.07) is 0. The van der Waals surface area contributed by atoms with Crippen molar-refractivity contribution >= 4 is 39.5 Å². The Hall–Kier alpha value is -1.94. The maximum absolute atomic E-state index is 13.1. The van der Waals surface area contributed by atoms with Crippen LogP contribution in [-0.4, -0.2) is 96.7 Å². The number of rotatable bonds is 77. The minimum atomic E-state index is -4.95. The van der Waals surface area contributed by atoms with Gasteiger partial charge in [0.05, 0.1) is 26.4 Å². The first-order valence-corrected chi connectivity index (χ1v) is 42.8. The number of aliphatic hydroxyl groups excluding tert-OH is 1. The quantitative estimate of drug-likeness (QED) is 0.0222. The van der Waals surface area contributed by atoms with E-state index < -0.39 is 97.5 Å². The van der Waals surface area contributed by atoms with Gasteiger partial charge >= 0.3 is 39.5 Å². The van der Waals surface area contributed by atoms with Gasteiger partial charge < -0.3 is 33.8 Å². The first-order chi connectivity index (χ1) is 46.2. The van der Waals surface area contributed by atoms with Gasteiger partial charge in [0.25, 0.3) is 0 Å². The lowest BCUT2D eigenvalue weighted by Crippen LogP contribution is -2.30. The van der Waals surface area contributed by atoms with E-state index in [-0.39, 0.29) is 25.7 Å². The van der Waals surface area contributed by atoms with Crippen LogP contribution in [0.5, 0.6) is 0 Å². The number of unbranched alkanes of at least 4 members (excludes halogenated alkanes) is 51. The highest BCUT2D eigenvalue weighted by molar-refractivity contribution is 7.47. The van der Waals surface area contributed by atoms with Crippen LogP contribution in [0.25, 0.3) is 0 Å². The topological polar surface area (TPSA) is 237 Å². The smallest absolute Gasteiger partial charge is 0.462 e. The van der Waals surface area contributed by atoms with Crippen molar-refractivity contribution in [2.45, 2.75) is 425 Å². The van der Waals surface area contributed by atoms with E-state index in [1.54, 1.807) is 0 Å². The average molecular weight is 1400 g/mol. The highest BCUT2D eigenvalue weighted by atomic mass is 31.2. The second kappa shape index (κ2) is 70.5. The highest BCUT2D eigenvalue weighted by Gasteiger charge is 2.30. The molecule has 0 spiro atoms. The van der Waals surface area contributed by atoms with Crippen LogP contribution in [0.1, 0.15) is 407 Å². The number of hydrogen-bond donors (Lipinski definition) is 3. The van der Waals surface area contributed by atoms with Crippen molar-refractivity contribution in [3.05, 3.63) is 0 Å². The molecule has 0 aromatic carbocycles. The molecule has 0 bridgehead atoms. The molecule has 5 atom stereocenters. The van der Waals surface area contributed by atoms with Gasteiger partial charge in [-0.15, -0.1) is 0 Å².